The number of rotatable bonds is 5. The van der Waals surface area contributed by atoms with Crippen LogP contribution in [0.15, 0.2) is 59.1 Å². The van der Waals surface area contributed by atoms with Gasteiger partial charge in [-0.1, -0.05) is 41.9 Å². The lowest BCUT2D eigenvalue weighted by molar-refractivity contribution is 0.0528. The summed E-state index contributed by atoms with van der Waals surface area (Å²) >= 11 is 16.3. The number of esters is 1. The minimum atomic E-state index is -0.391. The zero-order valence-electron chi connectivity index (χ0n) is 14.8. The van der Waals surface area contributed by atoms with Crippen molar-refractivity contribution < 1.29 is 9.53 Å². The molecule has 0 aliphatic carbocycles. The van der Waals surface area contributed by atoms with Crippen LogP contribution in [0, 0.1) is 0 Å². The predicted octanol–water partition coefficient (Wildman–Crippen LogP) is 6.82. The highest BCUT2D eigenvalue weighted by Crippen LogP contribution is 2.36. The van der Waals surface area contributed by atoms with Crippen LogP contribution < -0.4 is 10.6 Å². The molecule has 2 aromatic carbocycles. The Labute approximate surface area is 186 Å². The van der Waals surface area contributed by atoms with Crippen molar-refractivity contribution in [1.29, 1.82) is 0 Å². The molecule has 0 spiro atoms. The topological polar surface area (TPSA) is 50.4 Å². The lowest BCUT2D eigenvalue weighted by Gasteiger charge is -2.11. The van der Waals surface area contributed by atoms with Crippen molar-refractivity contribution in [3.8, 4) is 10.4 Å². The summed E-state index contributed by atoms with van der Waals surface area (Å²) in [6.07, 6.45) is 0. The molecule has 0 saturated carbocycles. The molecule has 0 saturated heterocycles. The molecule has 0 unspecified atom stereocenters. The highest BCUT2D eigenvalue weighted by atomic mass is 79.9. The Morgan fingerprint density at radius 2 is 1.93 bits per heavy atom. The monoisotopic (exact) mass is 494 g/mol. The van der Waals surface area contributed by atoms with Gasteiger partial charge in [-0.3, -0.25) is 0 Å². The second-order valence-corrected chi connectivity index (χ2v) is 8.37. The number of anilines is 2. The van der Waals surface area contributed by atoms with Crippen LogP contribution in [-0.4, -0.2) is 17.7 Å². The quantitative estimate of drug-likeness (QED) is 0.300. The summed E-state index contributed by atoms with van der Waals surface area (Å²) in [4.78, 5) is 13.3. The molecule has 1 heterocycles. The zero-order valence-corrected chi connectivity index (χ0v) is 18.8. The number of thiophene rings is 1. The van der Waals surface area contributed by atoms with Crippen molar-refractivity contribution in [1.82, 2.24) is 0 Å². The fraction of sp³-hybridized carbons (Fsp3) is 0.100. The molecule has 0 bridgehead atoms. The smallest absolute Gasteiger partial charge is 0.341 e. The van der Waals surface area contributed by atoms with E-state index in [4.69, 9.17) is 28.6 Å². The maximum Gasteiger partial charge on any atom is 0.341 e. The van der Waals surface area contributed by atoms with Gasteiger partial charge in [0.2, 0.25) is 0 Å². The third-order valence-electron chi connectivity index (χ3n) is 3.69. The van der Waals surface area contributed by atoms with E-state index in [1.54, 1.807) is 13.0 Å². The first kappa shape index (κ1) is 20.8. The minimum absolute atomic E-state index is 0.300. The second kappa shape index (κ2) is 9.52. The number of hydrogen-bond acceptors (Lipinski definition) is 4. The average molecular weight is 496 g/mol. The fourth-order valence-corrected chi connectivity index (χ4v) is 4.20. The van der Waals surface area contributed by atoms with Crippen LogP contribution in [0.4, 0.5) is 10.7 Å². The standard InChI is InChI=1S/C20H16BrClN2O2S2/c1-2-26-19(25)14-11-17(12-6-4-3-5-7-12)28-18(14)24-20(27)23-13-8-9-15(21)16(22)10-13/h3-11H,2H2,1H3,(H2,23,24,27). The number of carbonyl (C=O) groups excluding carboxylic acids is 1. The third kappa shape index (κ3) is 5.11. The van der Waals surface area contributed by atoms with Crippen molar-refractivity contribution in [3.63, 3.8) is 0 Å². The Kier molecular flexibility index (Phi) is 7.07. The van der Waals surface area contributed by atoms with E-state index in [1.807, 2.05) is 48.5 Å². The van der Waals surface area contributed by atoms with Crippen molar-refractivity contribution in [2.45, 2.75) is 6.92 Å². The highest BCUT2D eigenvalue weighted by molar-refractivity contribution is 9.10. The summed E-state index contributed by atoms with van der Waals surface area (Å²) in [6, 6.07) is 17.1. The van der Waals surface area contributed by atoms with E-state index >= 15 is 0 Å². The largest absolute Gasteiger partial charge is 0.462 e. The van der Waals surface area contributed by atoms with Crippen molar-refractivity contribution in [3.05, 3.63) is 69.7 Å². The van der Waals surface area contributed by atoms with Gasteiger partial charge in [-0.05, 0) is 64.9 Å². The molecule has 3 rings (SSSR count). The number of benzene rings is 2. The molecule has 0 amide bonds. The molecule has 144 valence electrons. The number of carbonyl (C=O) groups is 1. The lowest BCUT2D eigenvalue weighted by atomic mass is 10.1. The van der Waals surface area contributed by atoms with Crippen LogP contribution >= 0.6 is 51.1 Å². The average Bonchev–Trinajstić information content (AvgIpc) is 3.09. The summed E-state index contributed by atoms with van der Waals surface area (Å²) in [5.74, 6) is -0.391. The zero-order chi connectivity index (χ0) is 20.1. The van der Waals surface area contributed by atoms with Gasteiger partial charge in [0.1, 0.15) is 5.00 Å². The molecule has 0 atom stereocenters. The third-order valence-corrected chi connectivity index (χ3v) is 6.23. The SMILES string of the molecule is CCOC(=O)c1cc(-c2ccccc2)sc1NC(=S)Nc1ccc(Br)c(Cl)c1. The molecule has 2 N–H and O–H groups in total. The maximum atomic E-state index is 12.4. The molecule has 8 heteroatoms. The Hall–Kier alpha value is -1.93. The van der Waals surface area contributed by atoms with Crippen LogP contribution in [0.5, 0.6) is 0 Å². The van der Waals surface area contributed by atoms with Crippen LogP contribution in [-0.2, 0) is 4.74 Å². The van der Waals surface area contributed by atoms with Crippen LogP contribution in [0.2, 0.25) is 5.02 Å². The maximum absolute atomic E-state index is 12.4. The van der Waals surface area contributed by atoms with Crippen LogP contribution in [0.25, 0.3) is 10.4 Å². The molecule has 3 aromatic rings. The minimum Gasteiger partial charge on any atom is -0.462 e. The van der Waals surface area contributed by atoms with Gasteiger partial charge < -0.3 is 15.4 Å². The summed E-state index contributed by atoms with van der Waals surface area (Å²) < 4.78 is 5.99. The van der Waals surface area contributed by atoms with Crippen molar-refractivity contribution in [2.75, 3.05) is 17.2 Å². The number of ether oxygens (including phenoxy) is 1. The van der Waals surface area contributed by atoms with Crippen molar-refractivity contribution in [2.24, 2.45) is 0 Å². The number of thiocarbonyl (C=S) groups is 1. The van der Waals surface area contributed by atoms with E-state index in [1.165, 1.54) is 11.3 Å². The normalized spacial score (nSPS) is 10.4. The molecular formula is C20H16BrClN2O2S2. The first-order valence-corrected chi connectivity index (χ1v) is 10.8. The fourth-order valence-electron chi connectivity index (χ4n) is 2.43. The number of nitrogens with one attached hydrogen (secondary N) is 2. The van der Waals surface area contributed by atoms with Crippen LogP contribution in [0.1, 0.15) is 17.3 Å². The first-order valence-electron chi connectivity index (χ1n) is 8.37. The molecule has 28 heavy (non-hydrogen) atoms. The number of halogens is 2. The van der Waals surface area contributed by atoms with Gasteiger partial charge in [0.25, 0.3) is 0 Å². The molecular weight excluding hydrogens is 480 g/mol. The molecule has 0 fully saturated rings. The predicted molar refractivity (Wildman–Crippen MR) is 125 cm³/mol. The van der Waals surface area contributed by atoms with E-state index in [0.717, 1.165) is 20.6 Å². The number of hydrogen-bond donors (Lipinski definition) is 2. The summed E-state index contributed by atoms with van der Waals surface area (Å²) in [6.45, 7) is 2.08. The summed E-state index contributed by atoms with van der Waals surface area (Å²) in [5, 5.41) is 7.73. The van der Waals surface area contributed by atoms with Crippen molar-refractivity contribution >= 4 is 72.9 Å². The van der Waals surface area contributed by atoms with E-state index < -0.39 is 5.97 Å². The molecule has 1 aromatic heterocycles. The molecule has 0 aliphatic rings. The van der Waals surface area contributed by atoms with E-state index in [0.29, 0.717) is 27.3 Å². The summed E-state index contributed by atoms with van der Waals surface area (Å²) in [7, 11) is 0. The van der Waals surface area contributed by atoms with Gasteiger partial charge >= 0.3 is 5.97 Å². The van der Waals surface area contributed by atoms with Gasteiger partial charge in [0.15, 0.2) is 5.11 Å². The van der Waals surface area contributed by atoms with E-state index in [2.05, 4.69) is 26.6 Å². The van der Waals surface area contributed by atoms with Gasteiger partial charge in [0.05, 0.1) is 17.2 Å². The lowest BCUT2D eigenvalue weighted by Crippen LogP contribution is -2.20. The van der Waals surface area contributed by atoms with E-state index in [-0.39, 0.29) is 0 Å². The Morgan fingerprint density at radius 3 is 2.61 bits per heavy atom. The Balaban J connectivity index is 1.84. The second-order valence-electron chi connectivity index (χ2n) is 5.65. The molecule has 4 nitrogen and oxygen atoms in total. The van der Waals surface area contributed by atoms with Gasteiger partial charge in [0, 0.05) is 15.0 Å². The summed E-state index contributed by atoms with van der Waals surface area (Å²) in [5.41, 5.74) is 2.21. The Bertz CT molecular complexity index is 1010. The Morgan fingerprint density at radius 1 is 1.18 bits per heavy atom. The van der Waals surface area contributed by atoms with Gasteiger partial charge in [-0.25, -0.2) is 4.79 Å². The van der Waals surface area contributed by atoms with E-state index in [9.17, 15) is 4.79 Å². The molecule has 0 aliphatic heterocycles. The molecule has 0 radical (unpaired) electrons. The van der Waals surface area contributed by atoms with Gasteiger partial charge in [-0.15, -0.1) is 11.3 Å². The first-order chi connectivity index (χ1) is 13.5. The van der Waals surface area contributed by atoms with Crippen LogP contribution in [0.3, 0.4) is 0 Å². The van der Waals surface area contributed by atoms with Gasteiger partial charge in [-0.2, -0.15) is 0 Å². The highest BCUT2D eigenvalue weighted by Gasteiger charge is 2.19.